The molecule has 0 spiro atoms. The summed E-state index contributed by atoms with van der Waals surface area (Å²) in [6, 6.07) is 10.3. The van der Waals surface area contributed by atoms with Gasteiger partial charge in [0, 0.05) is 6.54 Å². The molecule has 25 heavy (non-hydrogen) atoms. The fourth-order valence-corrected chi connectivity index (χ4v) is 2.98. The summed E-state index contributed by atoms with van der Waals surface area (Å²) in [5.41, 5.74) is 2.02. The summed E-state index contributed by atoms with van der Waals surface area (Å²) in [5.74, 6) is 1.77. The van der Waals surface area contributed by atoms with E-state index in [9.17, 15) is 4.39 Å². The van der Waals surface area contributed by atoms with Crippen molar-refractivity contribution in [1.29, 1.82) is 0 Å². The van der Waals surface area contributed by atoms with Crippen LogP contribution in [0.15, 0.2) is 40.9 Å². The monoisotopic (exact) mass is 409 g/mol. The highest BCUT2D eigenvalue weighted by Crippen LogP contribution is 2.37. The molecular formula is C20H25BrFNO2. The van der Waals surface area contributed by atoms with Gasteiger partial charge in [-0.3, -0.25) is 0 Å². The van der Waals surface area contributed by atoms with Crippen molar-refractivity contribution in [3.63, 3.8) is 0 Å². The Morgan fingerprint density at radius 1 is 1.12 bits per heavy atom. The summed E-state index contributed by atoms with van der Waals surface area (Å²) in [5, 5.41) is 3.44. The molecule has 0 saturated heterocycles. The zero-order chi connectivity index (χ0) is 18.2. The lowest BCUT2D eigenvalue weighted by Gasteiger charge is -2.15. The Kier molecular flexibility index (Phi) is 7.72. The van der Waals surface area contributed by atoms with Gasteiger partial charge in [-0.2, -0.15) is 0 Å². The van der Waals surface area contributed by atoms with Crippen molar-refractivity contribution in [2.45, 2.75) is 33.4 Å². The van der Waals surface area contributed by atoms with Gasteiger partial charge in [-0.15, -0.1) is 0 Å². The molecule has 0 fully saturated rings. The van der Waals surface area contributed by atoms with Gasteiger partial charge >= 0.3 is 0 Å². The van der Waals surface area contributed by atoms with Gasteiger partial charge in [0.2, 0.25) is 0 Å². The zero-order valence-corrected chi connectivity index (χ0v) is 16.5. The lowest BCUT2D eigenvalue weighted by Crippen LogP contribution is -2.16. The summed E-state index contributed by atoms with van der Waals surface area (Å²) in [4.78, 5) is 0. The van der Waals surface area contributed by atoms with E-state index in [2.05, 4.69) is 35.1 Å². The first-order valence-corrected chi connectivity index (χ1v) is 9.23. The van der Waals surface area contributed by atoms with Crippen LogP contribution in [0.25, 0.3) is 0 Å². The van der Waals surface area contributed by atoms with Gasteiger partial charge in [0.25, 0.3) is 0 Å². The third kappa shape index (κ3) is 6.33. The quantitative estimate of drug-likeness (QED) is 0.569. The molecule has 5 heteroatoms. The number of methoxy groups -OCH3 is 1. The highest BCUT2D eigenvalue weighted by Gasteiger charge is 2.12. The first kappa shape index (κ1) is 19.7. The number of hydrogen-bond acceptors (Lipinski definition) is 3. The summed E-state index contributed by atoms with van der Waals surface area (Å²) >= 11 is 3.56. The van der Waals surface area contributed by atoms with Crippen molar-refractivity contribution in [2.24, 2.45) is 5.92 Å². The number of halogens is 2. The van der Waals surface area contributed by atoms with Gasteiger partial charge in [0.05, 0.1) is 11.6 Å². The second kappa shape index (κ2) is 9.78. The lowest BCUT2D eigenvalue weighted by molar-refractivity contribution is 0.282. The van der Waals surface area contributed by atoms with Crippen LogP contribution in [0.5, 0.6) is 11.5 Å². The van der Waals surface area contributed by atoms with Crippen molar-refractivity contribution in [2.75, 3.05) is 13.7 Å². The fourth-order valence-electron chi connectivity index (χ4n) is 2.37. The smallest absolute Gasteiger partial charge is 0.175 e. The molecule has 0 bridgehead atoms. The van der Waals surface area contributed by atoms with E-state index in [1.807, 2.05) is 12.1 Å². The van der Waals surface area contributed by atoms with Crippen LogP contribution >= 0.6 is 15.9 Å². The Hall–Kier alpha value is -1.59. The van der Waals surface area contributed by atoms with Crippen LogP contribution in [-0.4, -0.2) is 13.7 Å². The Balaban J connectivity index is 2.01. The summed E-state index contributed by atoms with van der Waals surface area (Å²) < 4.78 is 25.2. The molecule has 0 aromatic heterocycles. The minimum atomic E-state index is -0.253. The van der Waals surface area contributed by atoms with Gasteiger partial charge < -0.3 is 14.8 Å². The number of rotatable bonds is 9. The van der Waals surface area contributed by atoms with E-state index in [1.54, 1.807) is 19.2 Å². The Labute approximate surface area is 157 Å². The minimum Gasteiger partial charge on any atom is -0.493 e. The highest BCUT2D eigenvalue weighted by molar-refractivity contribution is 9.10. The largest absolute Gasteiger partial charge is 0.493 e. The number of hydrogen-bond donors (Lipinski definition) is 1. The normalized spacial score (nSPS) is 11.0. The van der Waals surface area contributed by atoms with Crippen molar-refractivity contribution in [3.8, 4) is 11.5 Å². The number of ether oxygens (including phenoxy) is 2. The Morgan fingerprint density at radius 2 is 1.84 bits per heavy atom. The van der Waals surface area contributed by atoms with Crippen molar-refractivity contribution < 1.29 is 13.9 Å². The van der Waals surface area contributed by atoms with E-state index in [1.165, 1.54) is 12.1 Å². The maximum absolute atomic E-state index is 13.0. The van der Waals surface area contributed by atoms with Gasteiger partial charge in [-0.25, -0.2) is 4.39 Å². The molecule has 0 amide bonds. The molecular weight excluding hydrogens is 385 g/mol. The lowest BCUT2D eigenvalue weighted by atomic mass is 10.1. The maximum atomic E-state index is 13.0. The SMILES string of the molecule is COc1cc(CNCCC(C)C)cc(Br)c1OCc1ccc(F)cc1. The van der Waals surface area contributed by atoms with E-state index in [4.69, 9.17) is 9.47 Å². The standard InChI is InChI=1S/C20H25BrFNO2/c1-14(2)8-9-23-12-16-10-18(21)20(19(11-16)24-3)25-13-15-4-6-17(22)7-5-15/h4-7,10-11,14,23H,8-9,12-13H2,1-3H3. The van der Waals surface area contributed by atoms with Crippen molar-refractivity contribution >= 4 is 15.9 Å². The molecule has 1 N–H and O–H groups in total. The van der Waals surface area contributed by atoms with Gasteiger partial charge in [0.1, 0.15) is 12.4 Å². The average molecular weight is 410 g/mol. The molecule has 2 aromatic carbocycles. The molecule has 0 radical (unpaired) electrons. The molecule has 2 rings (SSSR count). The Bertz CT molecular complexity index is 674. The summed E-state index contributed by atoms with van der Waals surface area (Å²) in [7, 11) is 1.63. The summed E-state index contributed by atoms with van der Waals surface area (Å²) in [6.45, 7) is 6.55. The van der Waals surface area contributed by atoms with Crippen LogP contribution in [0, 0.1) is 11.7 Å². The predicted octanol–water partition coefficient (Wildman–Crippen LogP) is 5.31. The second-order valence-electron chi connectivity index (χ2n) is 6.38. The molecule has 3 nitrogen and oxygen atoms in total. The Morgan fingerprint density at radius 3 is 2.48 bits per heavy atom. The van der Waals surface area contributed by atoms with Gasteiger partial charge in [-0.1, -0.05) is 26.0 Å². The minimum absolute atomic E-state index is 0.253. The van der Waals surface area contributed by atoms with E-state index in [-0.39, 0.29) is 5.82 Å². The predicted molar refractivity (Wildman–Crippen MR) is 103 cm³/mol. The van der Waals surface area contributed by atoms with E-state index >= 15 is 0 Å². The molecule has 136 valence electrons. The highest BCUT2D eigenvalue weighted by atomic mass is 79.9. The van der Waals surface area contributed by atoms with Gasteiger partial charge in [-0.05, 0) is 70.2 Å². The van der Waals surface area contributed by atoms with Crippen LogP contribution in [0.2, 0.25) is 0 Å². The molecule has 0 aliphatic heterocycles. The van der Waals surface area contributed by atoms with E-state index in [0.29, 0.717) is 24.0 Å². The molecule has 0 aliphatic rings. The second-order valence-corrected chi connectivity index (χ2v) is 7.24. The molecule has 0 aliphatic carbocycles. The first-order valence-electron chi connectivity index (χ1n) is 8.44. The van der Waals surface area contributed by atoms with E-state index < -0.39 is 0 Å². The average Bonchev–Trinajstić information content (AvgIpc) is 2.58. The van der Waals surface area contributed by atoms with Crippen LogP contribution in [-0.2, 0) is 13.2 Å². The maximum Gasteiger partial charge on any atom is 0.175 e. The fraction of sp³-hybridized carbons (Fsp3) is 0.400. The molecule has 0 saturated carbocycles. The van der Waals surface area contributed by atoms with Crippen LogP contribution in [0.3, 0.4) is 0 Å². The third-order valence-electron chi connectivity index (χ3n) is 3.81. The molecule has 0 heterocycles. The van der Waals surface area contributed by atoms with Crippen LogP contribution < -0.4 is 14.8 Å². The van der Waals surface area contributed by atoms with Crippen LogP contribution in [0.4, 0.5) is 4.39 Å². The topological polar surface area (TPSA) is 30.5 Å². The first-order chi connectivity index (χ1) is 12.0. The molecule has 0 atom stereocenters. The van der Waals surface area contributed by atoms with Crippen molar-refractivity contribution in [3.05, 3.63) is 57.8 Å². The van der Waals surface area contributed by atoms with Crippen molar-refractivity contribution in [1.82, 2.24) is 5.32 Å². The van der Waals surface area contributed by atoms with Gasteiger partial charge in [0.15, 0.2) is 11.5 Å². The third-order valence-corrected chi connectivity index (χ3v) is 4.40. The molecule has 0 unspecified atom stereocenters. The van der Waals surface area contributed by atoms with E-state index in [0.717, 1.165) is 35.1 Å². The number of nitrogens with one attached hydrogen (secondary N) is 1. The van der Waals surface area contributed by atoms with Crippen LogP contribution in [0.1, 0.15) is 31.4 Å². The molecule has 2 aromatic rings. The zero-order valence-electron chi connectivity index (χ0n) is 14.9. The summed E-state index contributed by atoms with van der Waals surface area (Å²) in [6.07, 6.45) is 1.15. The number of benzene rings is 2.